The van der Waals surface area contributed by atoms with E-state index in [1.54, 1.807) is 0 Å². The Hall–Kier alpha value is 0.989. The molecule has 27 heavy (non-hydrogen) atoms. The van der Waals surface area contributed by atoms with Gasteiger partial charge in [-0.15, -0.1) is 0 Å². The van der Waals surface area contributed by atoms with Crippen LogP contribution < -0.4 is 109 Å². The van der Waals surface area contributed by atoms with E-state index < -0.39 is 52.9 Å². The van der Waals surface area contributed by atoms with Crippen molar-refractivity contribution in [1.29, 1.82) is 0 Å². The summed E-state index contributed by atoms with van der Waals surface area (Å²) in [6.07, 6.45) is -4.92. The summed E-state index contributed by atoms with van der Waals surface area (Å²) >= 11 is 0. The minimum absolute atomic E-state index is 0. The average molecular weight is 498 g/mol. The van der Waals surface area contributed by atoms with Crippen molar-refractivity contribution in [1.82, 2.24) is 0 Å². The molecule has 0 aliphatic rings. The van der Waals surface area contributed by atoms with Gasteiger partial charge >= 0.3 is 122 Å². The Bertz CT molecular complexity index is 496. The zero-order valence-corrected chi connectivity index (χ0v) is 21.7. The van der Waals surface area contributed by atoms with Crippen LogP contribution in [0, 0.1) is 0 Å². The van der Waals surface area contributed by atoms with E-state index in [-0.39, 0.29) is 111 Å². The molecular formula is C7H9CuNa3O15S. The van der Waals surface area contributed by atoms with Crippen molar-refractivity contribution in [3.8, 4) is 0 Å². The molecule has 0 rings (SSSR count). The SMILES string of the molecule is O=C([O-])CC(O)(CC(=O)[O-])C(=O)O.O=C([O-])[O-].O=S(=O)(O)O.[Cu+2].[Na+].[Na+].[Na+].[OH-]. The van der Waals surface area contributed by atoms with E-state index >= 15 is 0 Å². The van der Waals surface area contributed by atoms with Crippen LogP contribution in [0.15, 0.2) is 0 Å². The molecule has 147 valence electrons. The van der Waals surface area contributed by atoms with Crippen molar-refractivity contribution in [3.63, 3.8) is 0 Å². The summed E-state index contributed by atoms with van der Waals surface area (Å²) in [5.74, 6) is -5.65. The Morgan fingerprint density at radius 2 is 0.963 bits per heavy atom. The van der Waals surface area contributed by atoms with Crippen molar-refractivity contribution < 1.29 is 179 Å². The van der Waals surface area contributed by atoms with Gasteiger partial charge < -0.3 is 50.5 Å². The molecule has 0 unspecified atom stereocenters. The summed E-state index contributed by atoms with van der Waals surface area (Å²) in [7, 11) is -4.67. The molecule has 0 bridgehead atoms. The third-order valence-electron chi connectivity index (χ3n) is 1.27. The second-order valence-electron chi connectivity index (χ2n) is 3.13. The monoisotopic (exact) mass is 497 g/mol. The van der Waals surface area contributed by atoms with Crippen molar-refractivity contribution >= 4 is 34.5 Å². The number of hydrogen-bond donors (Lipinski definition) is 4. The Balaban J connectivity index is -0.0000000370. The van der Waals surface area contributed by atoms with Crippen LogP contribution in [-0.4, -0.2) is 62.9 Å². The Kier molecular flexibility index (Phi) is 47.3. The minimum atomic E-state index is -4.67. The van der Waals surface area contributed by atoms with E-state index in [4.69, 9.17) is 42.7 Å². The first-order valence-corrected chi connectivity index (χ1v) is 5.84. The van der Waals surface area contributed by atoms with Crippen LogP contribution in [0.5, 0.6) is 0 Å². The Morgan fingerprint density at radius 3 is 1.04 bits per heavy atom. The summed E-state index contributed by atoms with van der Waals surface area (Å²) in [6.45, 7) is 0. The van der Waals surface area contributed by atoms with Crippen LogP contribution in [0.1, 0.15) is 12.8 Å². The number of carbonyl (C=O) groups is 4. The molecule has 20 heteroatoms. The van der Waals surface area contributed by atoms with Gasteiger partial charge in [-0.25, -0.2) is 4.79 Å². The predicted octanol–water partition coefficient (Wildman–Crippen LogP) is -16.2. The van der Waals surface area contributed by atoms with Crippen LogP contribution in [0.3, 0.4) is 0 Å². The molecule has 1 radical (unpaired) electrons. The maximum absolute atomic E-state index is 10.3. The molecule has 0 aromatic rings. The van der Waals surface area contributed by atoms with Gasteiger partial charge in [0.2, 0.25) is 0 Å². The molecule has 15 nitrogen and oxygen atoms in total. The van der Waals surface area contributed by atoms with Gasteiger partial charge in [-0.05, 0) is 6.16 Å². The minimum Gasteiger partial charge on any atom is -0.870 e. The van der Waals surface area contributed by atoms with Crippen molar-refractivity contribution in [3.05, 3.63) is 0 Å². The Morgan fingerprint density at radius 1 is 0.815 bits per heavy atom. The Labute approximate surface area is 228 Å². The van der Waals surface area contributed by atoms with Crippen LogP contribution in [0.4, 0.5) is 4.79 Å². The fourth-order valence-electron chi connectivity index (χ4n) is 0.691. The topological polar surface area (TPSA) is 306 Å². The maximum Gasteiger partial charge on any atom is 2.00 e. The third kappa shape index (κ3) is 58.4. The summed E-state index contributed by atoms with van der Waals surface area (Å²) in [5.41, 5.74) is -2.86. The molecule has 0 heterocycles. The summed E-state index contributed by atoms with van der Waals surface area (Å²) in [5, 5.41) is 53.9. The van der Waals surface area contributed by atoms with E-state index in [0.717, 1.165) is 0 Å². The van der Waals surface area contributed by atoms with E-state index in [0.29, 0.717) is 0 Å². The smallest absolute Gasteiger partial charge is 0.870 e. The van der Waals surface area contributed by atoms with Gasteiger partial charge in [0.05, 0.1) is 0 Å². The van der Waals surface area contributed by atoms with Crippen molar-refractivity contribution in [2.45, 2.75) is 18.4 Å². The van der Waals surface area contributed by atoms with Crippen LogP contribution >= 0.6 is 0 Å². The van der Waals surface area contributed by atoms with E-state index in [1.165, 1.54) is 0 Å². The zero-order valence-electron chi connectivity index (χ0n) is 13.9. The number of aliphatic carboxylic acids is 3. The van der Waals surface area contributed by atoms with Gasteiger partial charge in [-0.1, -0.05) is 0 Å². The molecule has 0 saturated carbocycles. The molecular weight excluding hydrogens is 489 g/mol. The first-order chi connectivity index (χ1) is 9.51. The van der Waals surface area contributed by atoms with Gasteiger partial charge in [0.1, 0.15) is 0 Å². The molecule has 0 aromatic heterocycles. The largest absolute Gasteiger partial charge is 2.00 e. The number of carboxylic acids is 3. The molecule has 0 saturated heterocycles. The second-order valence-corrected chi connectivity index (χ2v) is 4.03. The quantitative estimate of drug-likeness (QED) is 0.202. The average Bonchev–Trinajstić information content (AvgIpc) is 2.09. The van der Waals surface area contributed by atoms with E-state index in [2.05, 4.69) is 0 Å². The van der Waals surface area contributed by atoms with Gasteiger partial charge in [0.25, 0.3) is 0 Å². The zero-order chi connectivity index (χ0) is 18.7. The number of aliphatic hydroxyl groups is 1. The molecule has 0 atom stereocenters. The van der Waals surface area contributed by atoms with Crippen molar-refractivity contribution in [2.75, 3.05) is 0 Å². The maximum atomic E-state index is 10.3. The van der Waals surface area contributed by atoms with E-state index in [9.17, 15) is 24.6 Å². The van der Waals surface area contributed by atoms with Gasteiger partial charge in [0.15, 0.2) is 5.60 Å². The predicted molar refractivity (Wildman–Crippen MR) is 53.3 cm³/mol. The van der Waals surface area contributed by atoms with Crippen LogP contribution in [-0.2, 0) is 41.9 Å². The number of hydrogen-bond acceptors (Lipinski definition) is 12. The van der Waals surface area contributed by atoms with E-state index in [1.807, 2.05) is 0 Å². The summed E-state index contributed by atoms with van der Waals surface area (Å²) in [4.78, 5) is 38.5. The molecule has 0 aliphatic carbocycles. The standard InChI is InChI=1S/C6H8O7.CH2O3.Cu.3Na.H2O4S.H2O/c7-3(8)1-6(13,5(11)12)2-4(9)10;2-1(3)4;;;;;1-5(2,3)4;/h13H,1-2H2,(H,7,8)(H,9,10)(H,11,12);(H2,2,3,4);;;;;(H2,1,2,3,4);1H2/q;;+2;3*+1;;/p-5. The molecule has 0 aliphatic heterocycles. The fraction of sp³-hybridized carbons (Fsp3) is 0.429. The van der Waals surface area contributed by atoms with Gasteiger partial charge in [-0.2, -0.15) is 8.42 Å². The van der Waals surface area contributed by atoms with Crippen LogP contribution in [0.25, 0.3) is 0 Å². The molecule has 5 N–H and O–H groups in total. The first-order valence-electron chi connectivity index (χ1n) is 4.44. The summed E-state index contributed by atoms with van der Waals surface area (Å²) < 4.78 is 31.6. The second kappa shape index (κ2) is 25.0. The summed E-state index contributed by atoms with van der Waals surface area (Å²) in [6, 6.07) is 0. The van der Waals surface area contributed by atoms with Crippen molar-refractivity contribution in [2.24, 2.45) is 0 Å². The molecule has 0 amide bonds. The first kappa shape index (κ1) is 51.0. The normalized spacial score (nSPS) is 8.26. The number of carboxylic acid groups (broad SMARTS) is 5. The number of carbonyl (C=O) groups excluding carboxylic acids is 3. The van der Waals surface area contributed by atoms with Gasteiger partial charge in [0, 0.05) is 24.8 Å². The molecule has 0 fully saturated rings. The fourth-order valence-corrected chi connectivity index (χ4v) is 0.691. The molecule has 0 aromatic carbocycles. The number of rotatable bonds is 5. The third-order valence-corrected chi connectivity index (χ3v) is 1.27. The van der Waals surface area contributed by atoms with Gasteiger partial charge in [-0.3, -0.25) is 9.11 Å². The van der Waals surface area contributed by atoms with Crippen LogP contribution in [0.2, 0.25) is 0 Å². The molecule has 0 spiro atoms.